The predicted molar refractivity (Wildman–Crippen MR) is 30.0 cm³/mol. The quantitative estimate of drug-likeness (QED) is 0.433. The van der Waals surface area contributed by atoms with Crippen LogP contribution < -0.4 is 11.1 Å². The lowest BCUT2D eigenvalue weighted by Crippen LogP contribution is -2.46. The molecule has 1 rings (SSSR count). The van der Waals surface area contributed by atoms with Gasteiger partial charge in [0.05, 0.1) is 0 Å². The third-order valence-electron chi connectivity index (χ3n) is 1.29. The molecule has 0 aromatic rings. The Labute approximate surface area is 43.4 Å². The Morgan fingerprint density at radius 1 is 1.57 bits per heavy atom. The van der Waals surface area contributed by atoms with Gasteiger partial charge in [-0.05, 0) is 7.05 Å². The summed E-state index contributed by atoms with van der Waals surface area (Å²) >= 11 is 0. The first-order chi connectivity index (χ1) is 3.34. The van der Waals surface area contributed by atoms with Crippen molar-refractivity contribution in [2.24, 2.45) is 5.73 Å². The van der Waals surface area contributed by atoms with Crippen molar-refractivity contribution in [1.82, 2.24) is 5.32 Å². The molecule has 2 atom stereocenters. The second kappa shape index (κ2) is 1.64. The van der Waals surface area contributed by atoms with Gasteiger partial charge in [-0.2, -0.15) is 0 Å². The topological polar surface area (TPSA) is 38.0 Å². The van der Waals surface area contributed by atoms with Gasteiger partial charge in [0.1, 0.15) is 0 Å². The SMILES string of the molecule is CNC1C=CC1N. The summed E-state index contributed by atoms with van der Waals surface area (Å²) in [6, 6.07) is 0.685. The Hall–Kier alpha value is -0.340. The molecule has 0 bridgehead atoms. The van der Waals surface area contributed by atoms with Crippen molar-refractivity contribution in [3.8, 4) is 0 Å². The van der Waals surface area contributed by atoms with E-state index >= 15 is 0 Å². The smallest absolute Gasteiger partial charge is 0.0437 e. The average Bonchev–Trinajstić information content (AvgIpc) is 1.65. The van der Waals surface area contributed by atoms with Gasteiger partial charge in [-0.25, -0.2) is 0 Å². The van der Waals surface area contributed by atoms with Crippen LogP contribution >= 0.6 is 0 Å². The molecular formula is C5H10N2. The van der Waals surface area contributed by atoms with Crippen molar-refractivity contribution >= 4 is 0 Å². The minimum absolute atomic E-state index is 0.255. The molecule has 0 fully saturated rings. The highest BCUT2D eigenvalue weighted by Gasteiger charge is 2.16. The number of likely N-dealkylation sites (N-methyl/N-ethyl adjacent to an activating group) is 1. The van der Waals surface area contributed by atoms with Crippen LogP contribution in [0.3, 0.4) is 0 Å². The van der Waals surface area contributed by atoms with Crippen LogP contribution in [0.15, 0.2) is 12.2 Å². The summed E-state index contributed by atoms with van der Waals surface area (Å²) in [5.41, 5.74) is 5.48. The Bertz CT molecular complexity index is 88.1. The van der Waals surface area contributed by atoms with E-state index in [1.807, 2.05) is 13.1 Å². The van der Waals surface area contributed by atoms with Crippen LogP contribution in [0.25, 0.3) is 0 Å². The normalized spacial score (nSPS) is 38.0. The molecule has 2 heteroatoms. The summed E-state index contributed by atoms with van der Waals surface area (Å²) in [6.45, 7) is 0. The molecule has 0 saturated carbocycles. The van der Waals surface area contributed by atoms with Gasteiger partial charge in [-0.15, -0.1) is 0 Å². The van der Waals surface area contributed by atoms with E-state index in [2.05, 4.69) is 11.4 Å². The first-order valence-electron chi connectivity index (χ1n) is 2.46. The van der Waals surface area contributed by atoms with Crippen LogP contribution in [0.5, 0.6) is 0 Å². The molecule has 3 N–H and O–H groups in total. The number of hydrogen-bond donors (Lipinski definition) is 2. The van der Waals surface area contributed by atoms with E-state index in [-0.39, 0.29) is 6.04 Å². The van der Waals surface area contributed by atoms with Crippen LogP contribution in [0.4, 0.5) is 0 Å². The molecule has 0 saturated heterocycles. The molecule has 2 nitrogen and oxygen atoms in total. The zero-order chi connectivity index (χ0) is 5.28. The van der Waals surface area contributed by atoms with Crippen LogP contribution in [-0.2, 0) is 0 Å². The molecule has 40 valence electrons. The van der Waals surface area contributed by atoms with Crippen molar-refractivity contribution in [3.05, 3.63) is 12.2 Å². The van der Waals surface area contributed by atoms with E-state index in [4.69, 9.17) is 5.73 Å². The van der Waals surface area contributed by atoms with Crippen molar-refractivity contribution < 1.29 is 0 Å². The maximum Gasteiger partial charge on any atom is 0.0437 e. The van der Waals surface area contributed by atoms with E-state index in [9.17, 15) is 0 Å². The maximum atomic E-state index is 5.48. The Morgan fingerprint density at radius 3 is 2.29 bits per heavy atom. The molecule has 0 radical (unpaired) electrons. The van der Waals surface area contributed by atoms with Gasteiger partial charge in [-0.1, -0.05) is 12.2 Å². The van der Waals surface area contributed by atoms with Gasteiger partial charge < -0.3 is 11.1 Å². The first-order valence-corrected chi connectivity index (χ1v) is 2.46. The molecule has 1 aliphatic carbocycles. The molecule has 0 amide bonds. The minimum Gasteiger partial charge on any atom is -0.323 e. The van der Waals surface area contributed by atoms with Crippen LogP contribution in [0.2, 0.25) is 0 Å². The number of nitrogens with two attached hydrogens (primary N) is 1. The maximum absolute atomic E-state index is 5.48. The second-order valence-electron chi connectivity index (χ2n) is 1.78. The monoisotopic (exact) mass is 98.1 g/mol. The first kappa shape index (κ1) is 4.81. The zero-order valence-corrected chi connectivity index (χ0v) is 4.39. The molecule has 2 unspecified atom stereocenters. The van der Waals surface area contributed by atoms with Gasteiger partial charge >= 0.3 is 0 Å². The fraction of sp³-hybridized carbons (Fsp3) is 0.600. The Balaban J connectivity index is 2.33. The lowest BCUT2D eigenvalue weighted by Gasteiger charge is -2.24. The lowest BCUT2D eigenvalue weighted by atomic mass is 9.99. The van der Waals surface area contributed by atoms with E-state index in [1.165, 1.54) is 0 Å². The van der Waals surface area contributed by atoms with Crippen LogP contribution in [0, 0.1) is 0 Å². The second-order valence-corrected chi connectivity index (χ2v) is 1.78. The summed E-state index contributed by atoms with van der Waals surface area (Å²) in [4.78, 5) is 0. The van der Waals surface area contributed by atoms with Gasteiger partial charge in [-0.3, -0.25) is 0 Å². The van der Waals surface area contributed by atoms with Crippen LogP contribution in [0.1, 0.15) is 0 Å². The van der Waals surface area contributed by atoms with Gasteiger partial charge in [0, 0.05) is 12.1 Å². The number of rotatable bonds is 1. The van der Waals surface area contributed by atoms with Gasteiger partial charge in [0.2, 0.25) is 0 Å². The average molecular weight is 98.1 g/mol. The van der Waals surface area contributed by atoms with Crippen molar-refractivity contribution in [1.29, 1.82) is 0 Å². The van der Waals surface area contributed by atoms with Crippen molar-refractivity contribution in [2.45, 2.75) is 12.1 Å². The van der Waals surface area contributed by atoms with Crippen molar-refractivity contribution in [2.75, 3.05) is 7.05 Å². The number of nitrogens with one attached hydrogen (secondary N) is 1. The molecule has 0 aromatic carbocycles. The summed E-state index contributed by atoms with van der Waals surface area (Å²) in [7, 11) is 1.91. The summed E-state index contributed by atoms with van der Waals surface area (Å²) in [5, 5.41) is 3.04. The molecule has 0 aliphatic heterocycles. The number of hydrogen-bond acceptors (Lipinski definition) is 2. The largest absolute Gasteiger partial charge is 0.323 e. The molecule has 0 spiro atoms. The van der Waals surface area contributed by atoms with Gasteiger partial charge in [0.25, 0.3) is 0 Å². The van der Waals surface area contributed by atoms with E-state index < -0.39 is 0 Å². The predicted octanol–water partition coefficient (Wildman–Crippen LogP) is -0.528. The molecule has 7 heavy (non-hydrogen) atoms. The fourth-order valence-corrected chi connectivity index (χ4v) is 0.639. The summed E-state index contributed by atoms with van der Waals surface area (Å²) in [5.74, 6) is 0. The third-order valence-corrected chi connectivity index (χ3v) is 1.29. The summed E-state index contributed by atoms with van der Waals surface area (Å²) < 4.78 is 0. The van der Waals surface area contributed by atoms with Gasteiger partial charge in [0.15, 0.2) is 0 Å². The van der Waals surface area contributed by atoms with E-state index in [1.54, 1.807) is 0 Å². The summed E-state index contributed by atoms with van der Waals surface area (Å²) in [6.07, 6.45) is 4.05. The van der Waals surface area contributed by atoms with Crippen LogP contribution in [-0.4, -0.2) is 19.1 Å². The van der Waals surface area contributed by atoms with E-state index in [0.717, 1.165) is 0 Å². The van der Waals surface area contributed by atoms with Crippen molar-refractivity contribution in [3.63, 3.8) is 0 Å². The third kappa shape index (κ3) is 0.667. The Kier molecular flexibility index (Phi) is 1.13. The molecular weight excluding hydrogens is 88.1 g/mol. The Morgan fingerprint density at radius 2 is 2.29 bits per heavy atom. The van der Waals surface area contributed by atoms with E-state index in [0.29, 0.717) is 6.04 Å². The fourth-order valence-electron chi connectivity index (χ4n) is 0.639. The standard InChI is InChI=1S/C5H10N2/c1-7-5-3-2-4(5)6/h2-5,7H,6H2,1H3. The highest BCUT2D eigenvalue weighted by Crippen LogP contribution is 2.03. The lowest BCUT2D eigenvalue weighted by molar-refractivity contribution is 0.556. The highest BCUT2D eigenvalue weighted by atomic mass is 14.9. The zero-order valence-electron chi connectivity index (χ0n) is 4.39. The minimum atomic E-state index is 0.255. The molecule has 0 heterocycles. The highest BCUT2D eigenvalue weighted by molar-refractivity contribution is 5.16. The molecule has 1 aliphatic rings. The molecule has 0 aromatic heterocycles.